The smallest absolute Gasteiger partial charge is 0.331 e. The quantitative estimate of drug-likeness (QED) is 0.514. The molecule has 1 N–H and O–H groups in total. The molecule has 1 unspecified atom stereocenters. The van der Waals surface area contributed by atoms with E-state index in [0.29, 0.717) is 25.2 Å². The van der Waals surface area contributed by atoms with Gasteiger partial charge < -0.3 is 10.1 Å². The zero-order chi connectivity index (χ0) is 21.3. The van der Waals surface area contributed by atoms with E-state index in [0.717, 1.165) is 32.1 Å². The third-order valence-electron chi connectivity index (χ3n) is 4.71. The molecule has 1 aromatic carbocycles. The largest absolute Gasteiger partial charge is 0.449 e. The van der Waals surface area contributed by atoms with Crippen LogP contribution in [0.1, 0.15) is 51.5 Å². The molecule has 1 aliphatic rings. The van der Waals surface area contributed by atoms with Gasteiger partial charge in [-0.05, 0) is 50.0 Å². The van der Waals surface area contributed by atoms with Gasteiger partial charge in [0.25, 0.3) is 5.91 Å². The highest BCUT2D eigenvalue weighted by Gasteiger charge is 2.24. The van der Waals surface area contributed by atoms with E-state index in [1.54, 1.807) is 28.6 Å². The zero-order valence-electron chi connectivity index (χ0n) is 17.1. The molecule has 160 valence electrons. The van der Waals surface area contributed by atoms with Crippen molar-refractivity contribution >= 4 is 28.0 Å². The van der Waals surface area contributed by atoms with E-state index in [-0.39, 0.29) is 10.8 Å². The van der Waals surface area contributed by atoms with Crippen LogP contribution in [0.2, 0.25) is 0 Å². The molecule has 1 saturated heterocycles. The molecular weight excluding hydrogens is 392 g/mol. The molecule has 7 nitrogen and oxygen atoms in total. The van der Waals surface area contributed by atoms with Crippen molar-refractivity contribution in [3.05, 3.63) is 35.9 Å². The SMILES string of the molecule is CCCNC(=O)C(C)OC(=O)/C=C/c1ccc(S(=O)(=O)N2CCCCCC2)cc1. The minimum absolute atomic E-state index is 0.250. The maximum Gasteiger partial charge on any atom is 0.331 e. The van der Waals surface area contributed by atoms with Crippen LogP contribution in [0.25, 0.3) is 6.08 Å². The Morgan fingerprint density at radius 2 is 1.76 bits per heavy atom. The number of benzene rings is 1. The highest BCUT2D eigenvalue weighted by Crippen LogP contribution is 2.21. The summed E-state index contributed by atoms with van der Waals surface area (Å²) in [4.78, 5) is 23.9. The van der Waals surface area contributed by atoms with E-state index in [4.69, 9.17) is 4.74 Å². The van der Waals surface area contributed by atoms with Gasteiger partial charge in [0, 0.05) is 25.7 Å². The Balaban J connectivity index is 1.95. The Kier molecular flexibility index (Phi) is 8.85. The number of ether oxygens (including phenoxy) is 1. The van der Waals surface area contributed by atoms with Crippen molar-refractivity contribution in [3.63, 3.8) is 0 Å². The van der Waals surface area contributed by atoms with E-state index in [1.165, 1.54) is 19.1 Å². The second-order valence-electron chi connectivity index (χ2n) is 7.09. The molecule has 0 aliphatic carbocycles. The first-order valence-electron chi connectivity index (χ1n) is 10.1. The Labute approximate surface area is 173 Å². The van der Waals surface area contributed by atoms with Gasteiger partial charge in [0.05, 0.1) is 4.90 Å². The molecular formula is C21H30N2O5S. The van der Waals surface area contributed by atoms with Gasteiger partial charge in [-0.15, -0.1) is 0 Å². The van der Waals surface area contributed by atoms with E-state index < -0.39 is 22.1 Å². The molecule has 1 heterocycles. The molecule has 0 bridgehead atoms. The lowest BCUT2D eigenvalue weighted by molar-refractivity contribution is -0.150. The third kappa shape index (κ3) is 6.97. The number of sulfonamides is 1. The van der Waals surface area contributed by atoms with Crippen LogP contribution in [0.15, 0.2) is 35.2 Å². The minimum atomic E-state index is -3.49. The van der Waals surface area contributed by atoms with E-state index in [2.05, 4.69) is 5.32 Å². The monoisotopic (exact) mass is 422 g/mol. The number of hydrogen-bond donors (Lipinski definition) is 1. The van der Waals surface area contributed by atoms with E-state index >= 15 is 0 Å². The standard InChI is InChI=1S/C21H30N2O5S/c1-3-14-22-21(25)17(2)28-20(24)13-10-18-8-11-19(12-9-18)29(26,27)23-15-6-4-5-7-16-23/h8-13,17H,3-7,14-16H2,1-2H3,(H,22,25)/b13-10+. The number of esters is 1. The summed E-state index contributed by atoms with van der Waals surface area (Å²) in [6.07, 6.45) is 6.57. The molecule has 2 rings (SSSR count). The van der Waals surface area contributed by atoms with Gasteiger partial charge in [-0.3, -0.25) is 4.79 Å². The van der Waals surface area contributed by atoms with Crippen LogP contribution in [0, 0.1) is 0 Å². The lowest BCUT2D eigenvalue weighted by Crippen LogP contribution is -2.35. The van der Waals surface area contributed by atoms with Crippen molar-refractivity contribution in [2.45, 2.75) is 57.0 Å². The van der Waals surface area contributed by atoms with Crippen LogP contribution in [0.3, 0.4) is 0 Å². The van der Waals surface area contributed by atoms with Crippen molar-refractivity contribution in [2.24, 2.45) is 0 Å². The summed E-state index contributed by atoms with van der Waals surface area (Å²) >= 11 is 0. The summed E-state index contributed by atoms with van der Waals surface area (Å²) in [6, 6.07) is 6.38. The van der Waals surface area contributed by atoms with Gasteiger partial charge in [-0.2, -0.15) is 4.31 Å². The van der Waals surface area contributed by atoms with Crippen LogP contribution in [-0.2, 0) is 24.3 Å². The van der Waals surface area contributed by atoms with Crippen molar-refractivity contribution in [3.8, 4) is 0 Å². The molecule has 1 aromatic rings. The average Bonchev–Trinajstić information content (AvgIpc) is 3.01. The van der Waals surface area contributed by atoms with Gasteiger partial charge in [0.1, 0.15) is 0 Å². The summed E-state index contributed by atoms with van der Waals surface area (Å²) in [6.45, 7) is 5.09. The molecule has 0 saturated carbocycles. The van der Waals surface area contributed by atoms with Crippen molar-refractivity contribution in [2.75, 3.05) is 19.6 Å². The highest BCUT2D eigenvalue weighted by molar-refractivity contribution is 7.89. The average molecular weight is 423 g/mol. The van der Waals surface area contributed by atoms with Crippen LogP contribution >= 0.6 is 0 Å². The van der Waals surface area contributed by atoms with Crippen LogP contribution < -0.4 is 5.32 Å². The summed E-state index contributed by atoms with van der Waals surface area (Å²) in [5.41, 5.74) is 0.667. The fraction of sp³-hybridized carbons (Fsp3) is 0.524. The van der Waals surface area contributed by atoms with Crippen LogP contribution in [0.4, 0.5) is 0 Å². The predicted octanol–water partition coefficient (Wildman–Crippen LogP) is 2.72. The first-order chi connectivity index (χ1) is 13.8. The Bertz CT molecular complexity index is 810. The molecule has 1 aliphatic heterocycles. The lowest BCUT2D eigenvalue weighted by atomic mass is 10.2. The Morgan fingerprint density at radius 3 is 2.34 bits per heavy atom. The van der Waals surface area contributed by atoms with Crippen molar-refractivity contribution in [1.82, 2.24) is 9.62 Å². The van der Waals surface area contributed by atoms with Gasteiger partial charge in [-0.1, -0.05) is 31.9 Å². The number of hydrogen-bond acceptors (Lipinski definition) is 5. The molecule has 8 heteroatoms. The van der Waals surface area contributed by atoms with Crippen molar-refractivity contribution < 1.29 is 22.7 Å². The lowest BCUT2D eigenvalue weighted by Gasteiger charge is -2.19. The molecule has 0 aromatic heterocycles. The number of amides is 1. The maximum absolute atomic E-state index is 12.8. The highest BCUT2D eigenvalue weighted by atomic mass is 32.2. The summed E-state index contributed by atoms with van der Waals surface area (Å²) < 4.78 is 32.2. The summed E-state index contributed by atoms with van der Waals surface area (Å²) in [5, 5.41) is 2.66. The van der Waals surface area contributed by atoms with Crippen LogP contribution in [0.5, 0.6) is 0 Å². The maximum atomic E-state index is 12.8. The molecule has 1 atom stereocenters. The molecule has 0 spiro atoms. The van der Waals surface area contributed by atoms with Gasteiger partial charge in [0.2, 0.25) is 10.0 Å². The number of rotatable bonds is 8. The molecule has 1 fully saturated rings. The molecule has 1 amide bonds. The second kappa shape index (κ2) is 11.1. The summed E-state index contributed by atoms with van der Waals surface area (Å²) in [7, 11) is -3.49. The first kappa shape index (κ1) is 23.1. The van der Waals surface area contributed by atoms with E-state index in [1.807, 2.05) is 6.92 Å². The normalized spacial score (nSPS) is 16.9. The first-order valence-corrected chi connectivity index (χ1v) is 11.5. The fourth-order valence-corrected chi connectivity index (χ4v) is 4.52. The number of nitrogens with zero attached hydrogens (tertiary/aromatic N) is 1. The predicted molar refractivity (Wildman–Crippen MR) is 112 cm³/mol. The molecule has 0 radical (unpaired) electrons. The Hall–Kier alpha value is -2.19. The van der Waals surface area contributed by atoms with Gasteiger partial charge in [0.15, 0.2) is 6.10 Å². The van der Waals surface area contributed by atoms with Gasteiger partial charge >= 0.3 is 5.97 Å². The fourth-order valence-electron chi connectivity index (χ4n) is 3.01. The van der Waals surface area contributed by atoms with Crippen LogP contribution in [-0.4, -0.2) is 50.3 Å². The van der Waals surface area contributed by atoms with Gasteiger partial charge in [-0.25, -0.2) is 13.2 Å². The number of nitrogens with one attached hydrogen (secondary N) is 1. The topological polar surface area (TPSA) is 92.8 Å². The van der Waals surface area contributed by atoms with E-state index in [9.17, 15) is 18.0 Å². The summed E-state index contributed by atoms with van der Waals surface area (Å²) in [5.74, 6) is -0.970. The number of carbonyl (C=O) groups is 2. The Morgan fingerprint density at radius 1 is 1.14 bits per heavy atom. The third-order valence-corrected chi connectivity index (χ3v) is 6.62. The second-order valence-corrected chi connectivity index (χ2v) is 9.03. The molecule has 29 heavy (non-hydrogen) atoms. The zero-order valence-corrected chi connectivity index (χ0v) is 17.9. The number of carbonyl (C=O) groups excluding carboxylic acids is 2. The van der Waals surface area contributed by atoms with Crippen molar-refractivity contribution in [1.29, 1.82) is 0 Å². The minimum Gasteiger partial charge on any atom is -0.449 e.